The lowest BCUT2D eigenvalue weighted by atomic mass is 9.95. The number of epoxide rings is 1. The molecule has 0 bridgehead atoms. The van der Waals surface area contributed by atoms with Crippen molar-refractivity contribution in [1.29, 1.82) is 0 Å². The van der Waals surface area contributed by atoms with Gasteiger partial charge in [-0.25, -0.2) is 14.4 Å². The quantitative estimate of drug-likeness (QED) is 0.801. The lowest BCUT2D eigenvalue weighted by Gasteiger charge is -2.14. The first-order valence-corrected chi connectivity index (χ1v) is 6.86. The fourth-order valence-corrected chi connectivity index (χ4v) is 2.39. The molecule has 1 aliphatic heterocycles. The summed E-state index contributed by atoms with van der Waals surface area (Å²) >= 11 is 0. The van der Waals surface area contributed by atoms with Crippen LogP contribution in [0.3, 0.4) is 0 Å². The van der Waals surface area contributed by atoms with Gasteiger partial charge >= 0.3 is 0 Å². The van der Waals surface area contributed by atoms with Crippen LogP contribution in [0.2, 0.25) is 0 Å². The molecule has 0 saturated carbocycles. The second-order valence-electron chi connectivity index (χ2n) is 5.41. The third kappa shape index (κ3) is 2.70. The van der Waals surface area contributed by atoms with Crippen molar-refractivity contribution in [2.45, 2.75) is 32.3 Å². The molecular weight excluding hydrogens is 255 g/mol. The number of nitrogens with zero attached hydrogens (tertiary/aromatic N) is 2. The highest BCUT2D eigenvalue weighted by atomic mass is 19.1. The lowest BCUT2D eigenvalue weighted by Crippen LogP contribution is -2.07. The highest BCUT2D eigenvalue weighted by Gasteiger charge is 2.27. The van der Waals surface area contributed by atoms with Gasteiger partial charge in [-0.15, -0.1) is 0 Å². The summed E-state index contributed by atoms with van der Waals surface area (Å²) in [6.07, 6.45) is 2.68. The first kappa shape index (κ1) is 13.2. The number of hydrogen-bond donors (Lipinski definition) is 0. The van der Waals surface area contributed by atoms with E-state index in [-0.39, 0.29) is 11.9 Å². The molecule has 1 fully saturated rings. The number of hydrogen-bond acceptors (Lipinski definition) is 3. The van der Waals surface area contributed by atoms with Crippen LogP contribution >= 0.6 is 0 Å². The molecule has 1 aliphatic rings. The van der Waals surface area contributed by atoms with Crippen LogP contribution < -0.4 is 0 Å². The molecule has 20 heavy (non-hydrogen) atoms. The van der Waals surface area contributed by atoms with Gasteiger partial charge < -0.3 is 4.74 Å². The number of rotatable bonds is 4. The number of ether oxygens (including phenoxy) is 1. The topological polar surface area (TPSA) is 38.3 Å². The van der Waals surface area contributed by atoms with Gasteiger partial charge in [0.15, 0.2) is 0 Å². The Hall–Kier alpha value is -1.81. The monoisotopic (exact) mass is 272 g/mol. The molecule has 1 saturated heterocycles. The second kappa shape index (κ2) is 5.29. The Labute approximate surface area is 117 Å². The van der Waals surface area contributed by atoms with E-state index in [1.807, 2.05) is 0 Å². The van der Waals surface area contributed by atoms with Gasteiger partial charge in [-0.3, -0.25) is 0 Å². The molecule has 0 spiro atoms. The minimum atomic E-state index is -0.237. The Balaban J connectivity index is 2.08. The molecule has 1 atom stereocenters. The fraction of sp³-hybridized carbons (Fsp3) is 0.375. The third-order valence-corrected chi connectivity index (χ3v) is 3.48. The summed E-state index contributed by atoms with van der Waals surface area (Å²) < 4.78 is 18.4. The molecule has 1 unspecified atom stereocenters. The molecule has 0 radical (unpaired) electrons. The molecule has 2 aromatic rings. The van der Waals surface area contributed by atoms with E-state index in [4.69, 9.17) is 4.74 Å². The van der Waals surface area contributed by atoms with Gasteiger partial charge in [-0.1, -0.05) is 13.8 Å². The van der Waals surface area contributed by atoms with Crippen molar-refractivity contribution in [2.24, 2.45) is 0 Å². The number of aromatic nitrogens is 2. The zero-order valence-electron chi connectivity index (χ0n) is 11.6. The van der Waals surface area contributed by atoms with Crippen molar-refractivity contribution in [3.63, 3.8) is 0 Å². The van der Waals surface area contributed by atoms with Gasteiger partial charge in [0.1, 0.15) is 12.1 Å². The maximum Gasteiger partial charge on any atom is 0.123 e. The molecule has 1 aromatic heterocycles. The summed E-state index contributed by atoms with van der Waals surface area (Å²) in [5, 5.41) is 0. The van der Waals surface area contributed by atoms with E-state index in [2.05, 4.69) is 23.8 Å². The average Bonchev–Trinajstić information content (AvgIpc) is 3.24. The van der Waals surface area contributed by atoms with Crippen molar-refractivity contribution in [2.75, 3.05) is 6.61 Å². The summed E-state index contributed by atoms with van der Waals surface area (Å²) in [7, 11) is 0. The molecule has 104 valence electrons. The molecule has 0 amide bonds. The van der Waals surface area contributed by atoms with Crippen molar-refractivity contribution in [3.05, 3.63) is 47.7 Å². The van der Waals surface area contributed by atoms with Crippen LogP contribution in [0.5, 0.6) is 0 Å². The first-order chi connectivity index (χ1) is 9.65. The number of benzene rings is 1. The molecule has 3 nitrogen and oxygen atoms in total. The van der Waals surface area contributed by atoms with E-state index in [1.165, 1.54) is 12.1 Å². The average molecular weight is 272 g/mol. The Morgan fingerprint density at radius 3 is 2.55 bits per heavy atom. The molecule has 1 aromatic carbocycles. The molecular formula is C16H17FN2O. The summed E-state index contributed by atoms with van der Waals surface area (Å²) in [6, 6.07) is 6.45. The van der Waals surface area contributed by atoms with Crippen molar-refractivity contribution < 1.29 is 9.13 Å². The first-order valence-electron chi connectivity index (χ1n) is 6.86. The zero-order chi connectivity index (χ0) is 14.1. The fourth-order valence-electron chi connectivity index (χ4n) is 2.39. The molecule has 0 N–H and O–H groups in total. The Morgan fingerprint density at radius 1 is 1.25 bits per heavy atom. The molecule has 2 heterocycles. The maximum atomic E-state index is 13.1. The Bertz CT molecular complexity index is 606. The van der Waals surface area contributed by atoms with E-state index in [0.717, 1.165) is 35.5 Å². The van der Waals surface area contributed by atoms with Gasteiger partial charge in [0.25, 0.3) is 0 Å². The minimum Gasteiger partial charge on any atom is -0.373 e. The van der Waals surface area contributed by atoms with E-state index in [9.17, 15) is 4.39 Å². The van der Waals surface area contributed by atoms with E-state index >= 15 is 0 Å². The second-order valence-corrected chi connectivity index (χ2v) is 5.41. The zero-order valence-corrected chi connectivity index (χ0v) is 11.6. The highest BCUT2D eigenvalue weighted by molar-refractivity contribution is 5.64. The van der Waals surface area contributed by atoms with Gasteiger partial charge in [-0.05, 0) is 30.2 Å². The molecule has 3 rings (SSSR count). The highest BCUT2D eigenvalue weighted by Crippen LogP contribution is 2.30. The van der Waals surface area contributed by atoms with Crippen molar-refractivity contribution >= 4 is 0 Å². The van der Waals surface area contributed by atoms with Crippen LogP contribution in [0.15, 0.2) is 30.6 Å². The predicted molar refractivity (Wildman–Crippen MR) is 75.0 cm³/mol. The van der Waals surface area contributed by atoms with Crippen LogP contribution in [0.4, 0.5) is 4.39 Å². The normalized spacial score (nSPS) is 17.5. The van der Waals surface area contributed by atoms with E-state index < -0.39 is 0 Å². The Morgan fingerprint density at radius 2 is 1.95 bits per heavy atom. The summed E-state index contributed by atoms with van der Waals surface area (Å²) in [5.74, 6) is 0.0879. The SMILES string of the molecule is CC(C)c1ncnc(-c2ccc(F)cc2)c1CC1CO1. The third-order valence-electron chi connectivity index (χ3n) is 3.48. The minimum absolute atomic E-state index is 0.237. The van der Waals surface area contributed by atoms with Gasteiger partial charge in [0, 0.05) is 17.5 Å². The molecule has 0 aliphatic carbocycles. The van der Waals surface area contributed by atoms with Crippen LogP contribution in [-0.4, -0.2) is 22.7 Å². The van der Waals surface area contributed by atoms with Crippen LogP contribution in [-0.2, 0) is 11.2 Å². The molecule has 4 heteroatoms. The standard InChI is InChI=1S/C16H17FN2O/c1-10(2)15-14(7-13-8-20-13)16(19-9-18-15)11-3-5-12(17)6-4-11/h3-6,9-10,13H,7-8H2,1-2H3. The van der Waals surface area contributed by atoms with Crippen LogP contribution in [0.25, 0.3) is 11.3 Å². The van der Waals surface area contributed by atoms with Crippen LogP contribution in [0, 0.1) is 5.82 Å². The maximum absolute atomic E-state index is 13.1. The summed E-state index contributed by atoms with van der Waals surface area (Å²) in [6.45, 7) is 5.04. The lowest BCUT2D eigenvalue weighted by molar-refractivity contribution is 0.406. The van der Waals surface area contributed by atoms with Gasteiger partial charge in [-0.2, -0.15) is 0 Å². The Kier molecular flexibility index (Phi) is 3.49. The van der Waals surface area contributed by atoms with E-state index in [1.54, 1.807) is 18.5 Å². The van der Waals surface area contributed by atoms with Crippen molar-refractivity contribution in [1.82, 2.24) is 9.97 Å². The summed E-state index contributed by atoms with van der Waals surface area (Å²) in [4.78, 5) is 8.84. The van der Waals surface area contributed by atoms with Gasteiger partial charge in [0.05, 0.1) is 24.1 Å². The van der Waals surface area contributed by atoms with Crippen LogP contribution in [0.1, 0.15) is 31.0 Å². The van der Waals surface area contributed by atoms with Crippen molar-refractivity contribution in [3.8, 4) is 11.3 Å². The predicted octanol–water partition coefficient (Wildman–Crippen LogP) is 3.35. The summed E-state index contributed by atoms with van der Waals surface area (Å²) in [5.41, 5.74) is 3.98. The largest absolute Gasteiger partial charge is 0.373 e. The van der Waals surface area contributed by atoms with E-state index in [0.29, 0.717) is 5.92 Å². The number of halogens is 1. The smallest absolute Gasteiger partial charge is 0.123 e. The van der Waals surface area contributed by atoms with Gasteiger partial charge in [0.2, 0.25) is 0 Å².